The standard InChI is InChI=1S/C21H19F3N4O5S2/c1-35(31,32)14-7-4-12(5-8-14)17(29)3-2-10-34-21-18(27-33-28-21)20(26-30)25-13-6-9-16(22)15(11-13)19(23)24/h4-9,11,19,30H,2-3,10H2,1H3,(H,25,26). The fraction of sp³-hybridized carbons (Fsp3) is 0.238. The molecule has 2 aromatic carbocycles. The molecule has 186 valence electrons. The second-order valence-corrected chi connectivity index (χ2v) is 10.3. The van der Waals surface area contributed by atoms with Crippen molar-refractivity contribution in [3.8, 4) is 0 Å². The Morgan fingerprint density at radius 3 is 2.54 bits per heavy atom. The third kappa shape index (κ3) is 6.90. The van der Waals surface area contributed by atoms with Crippen LogP contribution in [0.4, 0.5) is 18.9 Å². The number of benzene rings is 2. The summed E-state index contributed by atoms with van der Waals surface area (Å²) in [5.74, 6) is -1.12. The molecular weight excluding hydrogens is 509 g/mol. The van der Waals surface area contributed by atoms with E-state index in [1.165, 1.54) is 24.3 Å². The van der Waals surface area contributed by atoms with Gasteiger partial charge in [-0.2, -0.15) is 0 Å². The molecule has 3 rings (SSSR count). The molecule has 0 fully saturated rings. The zero-order chi connectivity index (χ0) is 25.6. The Morgan fingerprint density at radius 2 is 1.91 bits per heavy atom. The zero-order valence-electron chi connectivity index (χ0n) is 18.1. The lowest BCUT2D eigenvalue weighted by atomic mass is 10.1. The van der Waals surface area contributed by atoms with Crippen LogP contribution in [0.15, 0.2) is 62.0 Å². The molecule has 0 spiro atoms. The number of nitrogens with zero attached hydrogens (tertiary/aromatic N) is 3. The number of sulfone groups is 1. The largest absolute Gasteiger partial charge is 0.294 e. The molecule has 9 nitrogen and oxygen atoms in total. The van der Waals surface area contributed by atoms with Gasteiger partial charge in [0.2, 0.25) is 0 Å². The van der Waals surface area contributed by atoms with Crippen LogP contribution in [0, 0.1) is 5.82 Å². The Labute approximate surface area is 202 Å². The van der Waals surface area contributed by atoms with E-state index < -0.39 is 27.6 Å². The van der Waals surface area contributed by atoms with Crippen molar-refractivity contribution in [2.45, 2.75) is 29.2 Å². The third-order valence-electron chi connectivity index (χ3n) is 4.64. The molecule has 0 radical (unpaired) electrons. The first kappa shape index (κ1) is 26.4. The highest BCUT2D eigenvalue weighted by molar-refractivity contribution is 7.99. The number of Topliss-reactive ketones (excluding diaryl/α,β-unsaturated/α-hetero) is 1. The van der Waals surface area contributed by atoms with E-state index >= 15 is 0 Å². The van der Waals surface area contributed by atoms with Crippen LogP contribution in [0.5, 0.6) is 0 Å². The zero-order valence-corrected chi connectivity index (χ0v) is 19.7. The van der Waals surface area contributed by atoms with Gasteiger partial charge in [0, 0.05) is 24.0 Å². The number of aliphatic imine (C=N–C) groups is 1. The van der Waals surface area contributed by atoms with Crippen LogP contribution in [0.1, 0.15) is 40.9 Å². The van der Waals surface area contributed by atoms with Gasteiger partial charge in [-0.25, -0.2) is 31.2 Å². The van der Waals surface area contributed by atoms with Crippen LogP contribution in [0.2, 0.25) is 0 Å². The number of hydrogen-bond acceptors (Lipinski definition) is 9. The van der Waals surface area contributed by atoms with Crippen molar-refractivity contribution < 1.29 is 36.2 Å². The summed E-state index contributed by atoms with van der Waals surface area (Å²) in [5, 5.41) is 17.0. The van der Waals surface area contributed by atoms with E-state index in [0.29, 0.717) is 17.7 Å². The summed E-state index contributed by atoms with van der Waals surface area (Å²) >= 11 is 1.15. The lowest BCUT2D eigenvalue weighted by molar-refractivity contribution is 0.0982. The van der Waals surface area contributed by atoms with E-state index in [-0.39, 0.29) is 39.3 Å². The molecule has 14 heteroatoms. The number of thioether (sulfide) groups is 1. The number of rotatable bonds is 10. The minimum Gasteiger partial charge on any atom is -0.294 e. The van der Waals surface area contributed by atoms with E-state index in [2.05, 4.69) is 19.9 Å². The molecule has 0 aliphatic rings. The van der Waals surface area contributed by atoms with Crippen molar-refractivity contribution in [2.24, 2.45) is 4.99 Å². The minimum atomic E-state index is -3.35. The maximum Gasteiger partial charge on any atom is 0.266 e. The Kier molecular flexibility index (Phi) is 8.64. The predicted octanol–water partition coefficient (Wildman–Crippen LogP) is 4.36. The molecule has 0 unspecified atom stereocenters. The Bertz CT molecular complexity index is 1330. The van der Waals surface area contributed by atoms with Gasteiger partial charge in [-0.3, -0.25) is 15.5 Å². The molecule has 1 heterocycles. The van der Waals surface area contributed by atoms with Crippen LogP contribution in [0.25, 0.3) is 0 Å². The highest BCUT2D eigenvalue weighted by atomic mass is 32.2. The molecule has 0 atom stereocenters. The number of ketones is 1. The number of carbonyl (C=O) groups excluding carboxylic acids is 1. The van der Waals surface area contributed by atoms with Gasteiger partial charge in [0.05, 0.1) is 16.1 Å². The molecule has 0 bridgehead atoms. The molecule has 0 aliphatic carbocycles. The molecule has 0 amide bonds. The number of amidine groups is 1. The van der Waals surface area contributed by atoms with Gasteiger partial charge >= 0.3 is 0 Å². The maximum absolute atomic E-state index is 13.5. The average Bonchev–Trinajstić information content (AvgIpc) is 3.28. The Morgan fingerprint density at radius 1 is 1.20 bits per heavy atom. The number of hydrogen-bond donors (Lipinski definition) is 2. The first-order chi connectivity index (χ1) is 16.6. The lowest BCUT2D eigenvalue weighted by Crippen LogP contribution is -2.21. The average molecular weight is 529 g/mol. The van der Waals surface area contributed by atoms with Crippen molar-refractivity contribution in [1.82, 2.24) is 15.8 Å². The van der Waals surface area contributed by atoms with Gasteiger partial charge in [-0.15, -0.1) is 11.8 Å². The summed E-state index contributed by atoms with van der Waals surface area (Å²) < 4.78 is 67.1. The van der Waals surface area contributed by atoms with Crippen molar-refractivity contribution in [2.75, 3.05) is 12.0 Å². The fourth-order valence-corrected chi connectivity index (χ4v) is 4.35. The molecule has 2 N–H and O–H groups in total. The summed E-state index contributed by atoms with van der Waals surface area (Å²) in [4.78, 5) is 16.4. The van der Waals surface area contributed by atoms with E-state index in [4.69, 9.17) is 0 Å². The summed E-state index contributed by atoms with van der Waals surface area (Å²) in [6.45, 7) is 0. The van der Waals surface area contributed by atoms with Gasteiger partial charge in [0.15, 0.2) is 32.2 Å². The van der Waals surface area contributed by atoms with Crippen molar-refractivity contribution in [1.29, 1.82) is 0 Å². The van der Waals surface area contributed by atoms with Crippen molar-refractivity contribution in [3.05, 3.63) is 65.1 Å². The second kappa shape index (κ2) is 11.5. The summed E-state index contributed by atoms with van der Waals surface area (Å²) in [5.41, 5.74) is 1.26. The maximum atomic E-state index is 13.5. The molecule has 0 aliphatic heterocycles. The normalized spacial score (nSPS) is 12.2. The van der Waals surface area contributed by atoms with E-state index in [1.807, 2.05) is 0 Å². The SMILES string of the molecule is CS(=O)(=O)c1ccc(C(=O)CCCSc2nonc2C(=Nc2ccc(F)c(C(F)F)c2)NO)cc1. The van der Waals surface area contributed by atoms with Crippen LogP contribution in [0.3, 0.4) is 0 Å². The van der Waals surface area contributed by atoms with Crippen LogP contribution < -0.4 is 5.48 Å². The number of halogens is 3. The fourth-order valence-electron chi connectivity index (χ4n) is 2.88. The Hall–Kier alpha value is -3.23. The molecule has 0 saturated heterocycles. The highest BCUT2D eigenvalue weighted by Gasteiger charge is 2.19. The molecule has 35 heavy (non-hydrogen) atoms. The number of hydroxylamine groups is 1. The van der Waals surface area contributed by atoms with Crippen LogP contribution >= 0.6 is 11.8 Å². The van der Waals surface area contributed by atoms with Gasteiger partial charge in [0.25, 0.3) is 6.43 Å². The molecular formula is C21H19F3N4O5S2. The highest BCUT2D eigenvalue weighted by Crippen LogP contribution is 2.27. The van der Waals surface area contributed by atoms with E-state index in [9.17, 15) is 31.6 Å². The quantitative estimate of drug-likeness (QED) is 0.0982. The summed E-state index contributed by atoms with van der Waals surface area (Å²) in [7, 11) is -3.35. The topological polar surface area (TPSA) is 135 Å². The first-order valence-electron chi connectivity index (χ1n) is 9.95. The predicted molar refractivity (Wildman–Crippen MR) is 121 cm³/mol. The van der Waals surface area contributed by atoms with Gasteiger partial charge in [-0.05, 0) is 47.1 Å². The van der Waals surface area contributed by atoms with Crippen LogP contribution in [-0.2, 0) is 9.84 Å². The van der Waals surface area contributed by atoms with E-state index in [1.54, 1.807) is 5.48 Å². The number of aromatic nitrogens is 2. The molecule has 0 saturated carbocycles. The van der Waals surface area contributed by atoms with Gasteiger partial charge in [-0.1, -0.05) is 12.1 Å². The van der Waals surface area contributed by atoms with Crippen LogP contribution in [-0.4, -0.2) is 47.6 Å². The van der Waals surface area contributed by atoms with Gasteiger partial charge < -0.3 is 0 Å². The van der Waals surface area contributed by atoms with E-state index in [0.717, 1.165) is 36.2 Å². The summed E-state index contributed by atoms with van der Waals surface area (Å²) in [6, 6.07) is 8.47. The number of carbonyl (C=O) groups is 1. The van der Waals surface area contributed by atoms with Crippen molar-refractivity contribution in [3.63, 3.8) is 0 Å². The Balaban J connectivity index is 1.62. The monoisotopic (exact) mass is 528 g/mol. The lowest BCUT2D eigenvalue weighted by Gasteiger charge is -2.06. The number of nitrogens with one attached hydrogen (secondary N) is 1. The summed E-state index contributed by atoms with van der Waals surface area (Å²) in [6.07, 6.45) is -1.36. The first-order valence-corrected chi connectivity index (χ1v) is 12.8. The van der Waals surface area contributed by atoms with Crippen molar-refractivity contribution >= 4 is 38.9 Å². The van der Waals surface area contributed by atoms with Gasteiger partial charge in [0.1, 0.15) is 5.82 Å². The minimum absolute atomic E-state index is 0.0110. The smallest absolute Gasteiger partial charge is 0.266 e. The second-order valence-electron chi connectivity index (χ2n) is 7.17. The molecule has 1 aromatic heterocycles. The number of alkyl halides is 2. The molecule has 3 aromatic rings. The third-order valence-corrected chi connectivity index (χ3v) is 6.80.